The highest BCUT2D eigenvalue weighted by molar-refractivity contribution is 7.92. The fourth-order valence-electron chi connectivity index (χ4n) is 4.07. The molecule has 0 saturated heterocycles. The summed E-state index contributed by atoms with van der Waals surface area (Å²) in [5.74, 6) is -0.863. The van der Waals surface area contributed by atoms with Crippen molar-refractivity contribution in [1.29, 1.82) is 0 Å². The van der Waals surface area contributed by atoms with Crippen molar-refractivity contribution in [3.63, 3.8) is 0 Å². The van der Waals surface area contributed by atoms with Crippen molar-refractivity contribution in [3.05, 3.63) is 100 Å². The van der Waals surface area contributed by atoms with E-state index >= 15 is 0 Å². The molecule has 0 radical (unpaired) electrons. The van der Waals surface area contributed by atoms with Crippen molar-refractivity contribution in [3.8, 4) is 0 Å². The van der Waals surface area contributed by atoms with Crippen molar-refractivity contribution < 1.29 is 18.0 Å². The largest absolute Gasteiger partial charge is 0.352 e. The quantitative estimate of drug-likeness (QED) is 0.310. The number of anilines is 1. The first kappa shape index (κ1) is 30.5. The number of halogens is 2. The van der Waals surface area contributed by atoms with Crippen LogP contribution in [0.5, 0.6) is 0 Å². The lowest BCUT2D eigenvalue weighted by molar-refractivity contribution is -0.140. The predicted molar refractivity (Wildman–Crippen MR) is 157 cm³/mol. The van der Waals surface area contributed by atoms with E-state index in [4.69, 9.17) is 23.2 Å². The Bertz CT molecular complexity index is 1390. The van der Waals surface area contributed by atoms with Gasteiger partial charge in [-0.25, -0.2) is 8.42 Å². The summed E-state index contributed by atoms with van der Waals surface area (Å²) >= 11 is 12.3. The third-order valence-corrected chi connectivity index (χ3v) is 7.90. The molecule has 3 aromatic rings. The Labute approximate surface area is 240 Å². The summed E-state index contributed by atoms with van der Waals surface area (Å²) in [6.07, 6.45) is 1.98. The van der Waals surface area contributed by atoms with E-state index in [0.717, 1.165) is 16.1 Å². The van der Waals surface area contributed by atoms with Gasteiger partial charge in [-0.15, -0.1) is 0 Å². The third kappa shape index (κ3) is 8.98. The molecule has 2 unspecified atom stereocenters. The SMILES string of the molecule is CCC(C)NC(=O)C(Cc1ccccc1)N(Cc1cccc(Cl)c1)C(=O)CN(c1cccc(Cl)c1)S(C)(=O)=O. The summed E-state index contributed by atoms with van der Waals surface area (Å²) in [6, 6.07) is 21.7. The molecule has 208 valence electrons. The van der Waals surface area contributed by atoms with Gasteiger partial charge in [-0.2, -0.15) is 0 Å². The molecular formula is C29H33Cl2N3O4S. The molecule has 0 fully saturated rings. The Morgan fingerprint density at radius 1 is 0.897 bits per heavy atom. The van der Waals surface area contributed by atoms with Crippen LogP contribution in [0.4, 0.5) is 5.69 Å². The molecular weight excluding hydrogens is 557 g/mol. The van der Waals surface area contributed by atoms with Crippen molar-refractivity contribution in [2.24, 2.45) is 0 Å². The van der Waals surface area contributed by atoms with Crippen LogP contribution in [0.15, 0.2) is 78.9 Å². The Balaban J connectivity index is 2.06. The van der Waals surface area contributed by atoms with E-state index in [2.05, 4.69) is 5.32 Å². The molecule has 0 aromatic heterocycles. The number of benzene rings is 3. The zero-order chi connectivity index (χ0) is 28.6. The van der Waals surface area contributed by atoms with E-state index in [1.165, 1.54) is 11.0 Å². The Morgan fingerprint density at radius 2 is 1.51 bits per heavy atom. The van der Waals surface area contributed by atoms with Gasteiger partial charge in [0.25, 0.3) is 0 Å². The van der Waals surface area contributed by atoms with Crippen molar-refractivity contribution >= 4 is 50.7 Å². The zero-order valence-electron chi connectivity index (χ0n) is 22.2. The summed E-state index contributed by atoms with van der Waals surface area (Å²) in [5, 5.41) is 3.82. The summed E-state index contributed by atoms with van der Waals surface area (Å²) in [5.41, 5.74) is 1.82. The average Bonchev–Trinajstić information content (AvgIpc) is 2.89. The number of nitrogens with zero attached hydrogens (tertiary/aromatic N) is 2. The second kappa shape index (κ2) is 13.8. The van der Waals surface area contributed by atoms with Crippen LogP contribution in [0.3, 0.4) is 0 Å². The van der Waals surface area contributed by atoms with E-state index in [1.54, 1.807) is 36.4 Å². The fraction of sp³-hybridized carbons (Fsp3) is 0.310. The highest BCUT2D eigenvalue weighted by Gasteiger charge is 2.33. The normalized spacial score (nSPS) is 12.8. The number of carbonyl (C=O) groups excluding carboxylic acids is 2. The van der Waals surface area contributed by atoms with Gasteiger partial charge < -0.3 is 10.2 Å². The monoisotopic (exact) mass is 589 g/mol. The Morgan fingerprint density at radius 3 is 2.10 bits per heavy atom. The molecule has 0 aliphatic rings. The maximum absolute atomic E-state index is 14.0. The molecule has 10 heteroatoms. The maximum atomic E-state index is 14.0. The third-order valence-electron chi connectivity index (χ3n) is 6.29. The number of rotatable bonds is 12. The van der Waals surface area contributed by atoms with E-state index in [0.29, 0.717) is 22.0 Å². The van der Waals surface area contributed by atoms with Crippen molar-refractivity contribution in [2.45, 2.75) is 45.3 Å². The number of carbonyl (C=O) groups is 2. The molecule has 0 aliphatic carbocycles. The second-order valence-corrected chi connectivity index (χ2v) is 12.2. The summed E-state index contributed by atoms with van der Waals surface area (Å²) in [6.45, 7) is 3.39. The molecule has 0 heterocycles. The van der Waals surface area contributed by atoms with Crippen LogP contribution in [-0.4, -0.2) is 50.0 Å². The van der Waals surface area contributed by atoms with Gasteiger partial charge in [0.05, 0.1) is 11.9 Å². The molecule has 0 spiro atoms. The van der Waals surface area contributed by atoms with E-state index in [-0.39, 0.29) is 30.6 Å². The molecule has 0 bridgehead atoms. The first-order valence-corrected chi connectivity index (χ1v) is 15.2. The topological polar surface area (TPSA) is 86.8 Å². The van der Waals surface area contributed by atoms with Gasteiger partial charge in [-0.3, -0.25) is 13.9 Å². The lowest BCUT2D eigenvalue weighted by Gasteiger charge is -2.34. The maximum Gasteiger partial charge on any atom is 0.244 e. The van der Waals surface area contributed by atoms with Gasteiger partial charge >= 0.3 is 0 Å². The van der Waals surface area contributed by atoms with Gasteiger partial charge in [0, 0.05) is 29.1 Å². The average molecular weight is 591 g/mol. The van der Waals surface area contributed by atoms with E-state index < -0.39 is 28.5 Å². The highest BCUT2D eigenvalue weighted by Crippen LogP contribution is 2.23. The van der Waals surface area contributed by atoms with Crippen molar-refractivity contribution in [1.82, 2.24) is 10.2 Å². The van der Waals surface area contributed by atoms with Crippen molar-refractivity contribution in [2.75, 3.05) is 17.1 Å². The second-order valence-electron chi connectivity index (χ2n) is 9.42. The molecule has 3 aromatic carbocycles. The minimum absolute atomic E-state index is 0.0535. The van der Waals surface area contributed by atoms with Gasteiger partial charge in [0.15, 0.2) is 0 Å². The van der Waals surface area contributed by atoms with Gasteiger partial charge in [-0.05, 0) is 54.8 Å². The number of hydrogen-bond donors (Lipinski definition) is 1. The molecule has 39 heavy (non-hydrogen) atoms. The predicted octanol–water partition coefficient (Wildman–Crippen LogP) is 5.31. The van der Waals surface area contributed by atoms with Gasteiger partial charge in [0.1, 0.15) is 12.6 Å². The smallest absolute Gasteiger partial charge is 0.244 e. The first-order valence-electron chi connectivity index (χ1n) is 12.6. The van der Waals surface area contributed by atoms with Gasteiger partial charge in [-0.1, -0.05) is 78.7 Å². The molecule has 3 rings (SSSR count). The number of nitrogens with one attached hydrogen (secondary N) is 1. The van der Waals surface area contributed by atoms with Crippen LogP contribution in [0.1, 0.15) is 31.4 Å². The molecule has 2 atom stereocenters. The summed E-state index contributed by atoms with van der Waals surface area (Å²) in [4.78, 5) is 29.1. The van der Waals surface area contributed by atoms with E-state index in [9.17, 15) is 18.0 Å². The Hall–Kier alpha value is -3.07. The minimum Gasteiger partial charge on any atom is -0.352 e. The molecule has 0 saturated carbocycles. The zero-order valence-corrected chi connectivity index (χ0v) is 24.5. The lowest BCUT2D eigenvalue weighted by atomic mass is 10.0. The summed E-state index contributed by atoms with van der Waals surface area (Å²) < 4.78 is 26.6. The van der Waals surface area contributed by atoms with Crippen LogP contribution in [0.2, 0.25) is 10.0 Å². The van der Waals surface area contributed by atoms with Crippen LogP contribution >= 0.6 is 23.2 Å². The molecule has 0 aliphatic heterocycles. The van der Waals surface area contributed by atoms with Crippen LogP contribution < -0.4 is 9.62 Å². The molecule has 7 nitrogen and oxygen atoms in total. The van der Waals surface area contributed by atoms with Gasteiger partial charge in [0.2, 0.25) is 21.8 Å². The Kier molecular flexibility index (Phi) is 10.8. The highest BCUT2D eigenvalue weighted by atomic mass is 35.5. The standard InChI is InChI=1S/C29H33Cl2N3O4S/c1-4-21(2)32-29(36)27(17-22-10-6-5-7-11-22)33(19-23-12-8-13-24(30)16-23)28(35)20-34(39(3,37)38)26-15-9-14-25(31)18-26/h5-16,18,21,27H,4,17,19-20H2,1-3H3,(H,32,36). The first-order chi connectivity index (χ1) is 18.5. The number of hydrogen-bond acceptors (Lipinski definition) is 4. The lowest BCUT2D eigenvalue weighted by Crippen LogP contribution is -2.54. The molecule has 2 amide bonds. The minimum atomic E-state index is -3.87. The summed E-state index contributed by atoms with van der Waals surface area (Å²) in [7, 11) is -3.87. The fourth-order valence-corrected chi connectivity index (χ4v) is 5.31. The van der Waals surface area contributed by atoms with E-state index in [1.807, 2.05) is 50.2 Å². The van der Waals surface area contributed by atoms with Crippen LogP contribution in [0.25, 0.3) is 0 Å². The number of amides is 2. The van der Waals surface area contributed by atoms with Crippen LogP contribution in [-0.2, 0) is 32.6 Å². The van der Waals surface area contributed by atoms with Crippen LogP contribution in [0, 0.1) is 0 Å². The number of sulfonamides is 1. The molecule has 1 N–H and O–H groups in total.